The van der Waals surface area contributed by atoms with Crippen LogP contribution in [0, 0.1) is 0 Å². The first kappa shape index (κ1) is 5.44. The molecule has 0 saturated carbocycles. The van der Waals surface area contributed by atoms with Crippen LogP contribution in [0.2, 0.25) is 0 Å². The summed E-state index contributed by atoms with van der Waals surface area (Å²) < 4.78 is 4.41. The molecule has 0 rings (SSSR count). The number of nitrogens with two attached hydrogens (primary N) is 1. The molecule has 4 heteroatoms. The van der Waals surface area contributed by atoms with Gasteiger partial charge in [0.25, 0.3) is 0 Å². The number of hydrogen-bond acceptors (Lipinski definition) is 2. The van der Waals surface area contributed by atoms with Crippen LogP contribution >= 0.6 is 7.07 Å². The van der Waals surface area contributed by atoms with Gasteiger partial charge in [0.2, 0.25) is 11.8 Å². The van der Waals surface area contributed by atoms with Crippen LogP contribution in [0.1, 0.15) is 0 Å². The SMILES string of the molecule is CO[P+](N)=S. The Labute approximate surface area is 36.9 Å². The lowest BCUT2D eigenvalue weighted by Crippen LogP contribution is -1.75. The van der Waals surface area contributed by atoms with E-state index in [-0.39, 0.29) is 0 Å². The van der Waals surface area contributed by atoms with Gasteiger partial charge >= 0.3 is 7.07 Å². The zero-order chi connectivity index (χ0) is 4.28. The van der Waals surface area contributed by atoms with Gasteiger partial charge < -0.3 is 0 Å². The smallest absolute Gasteiger partial charge is 0.156 e. The molecule has 0 heterocycles. The zero-order valence-corrected chi connectivity index (χ0v) is 4.55. The summed E-state index contributed by atoms with van der Waals surface area (Å²) in [6.07, 6.45) is 0. The highest BCUT2D eigenvalue weighted by molar-refractivity contribution is 8.01. The third-order valence-electron chi connectivity index (χ3n) is 0.180. The van der Waals surface area contributed by atoms with Crippen LogP contribution in [-0.4, -0.2) is 7.11 Å². The summed E-state index contributed by atoms with van der Waals surface area (Å²) in [6, 6.07) is 0. The van der Waals surface area contributed by atoms with Gasteiger partial charge in [-0.2, -0.15) is 4.52 Å². The Kier molecular flexibility index (Phi) is 2.90. The van der Waals surface area contributed by atoms with Crippen LogP contribution in [-0.2, 0) is 16.3 Å². The highest BCUT2D eigenvalue weighted by Gasteiger charge is 1.90. The molecule has 0 aromatic rings. The van der Waals surface area contributed by atoms with E-state index < -0.39 is 7.07 Å². The van der Waals surface area contributed by atoms with Crippen LogP contribution in [0.3, 0.4) is 0 Å². The summed E-state index contributed by atoms with van der Waals surface area (Å²) in [5.74, 6) is 0. The molecular formula is CH5NOPS+. The minimum Gasteiger partial charge on any atom is -0.156 e. The third kappa shape index (κ3) is 4.44. The van der Waals surface area contributed by atoms with Crippen molar-refractivity contribution in [2.24, 2.45) is 5.50 Å². The Balaban J connectivity index is 2.85. The molecule has 0 spiro atoms. The number of rotatable bonds is 1. The van der Waals surface area contributed by atoms with Gasteiger partial charge in [-0.05, 0) is 0 Å². The first-order valence-corrected chi connectivity index (χ1v) is 3.37. The molecule has 2 nitrogen and oxygen atoms in total. The Morgan fingerprint density at radius 3 is 2.20 bits per heavy atom. The highest BCUT2D eigenvalue weighted by atomic mass is 32.4. The van der Waals surface area contributed by atoms with Gasteiger partial charge in [0.1, 0.15) is 0 Å². The first-order valence-electron chi connectivity index (χ1n) is 1.03. The van der Waals surface area contributed by atoms with E-state index in [0.717, 1.165) is 0 Å². The Morgan fingerprint density at radius 2 is 2.20 bits per heavy atom. The van der Waals surface area contributed by atoms with Crippen LogP contribution in [0.15, 0.2) is 0 Å². The van der Waals surface area contributed by atoms with Gasteiger partial charge in [-0.3, -0.25) is 0 Å². The molecule has 0 aliphatic carbocycles. The van der Waals surface area contributed by atoms with E-state index in [0.29, 0.717) is 0 Å². The van der Waals surface area contributed by atoms with Crippen molar-refractivity contribution in [2.75, 3.05) is 7.11 Å². The van der Waals surface area contributed by atoms with E-state index >= 15 is 0 Å². The maximum atomic E-state index is 4.95. The van der Waals surface area contributed by atoms with Gasteiger partial charge in [0.15, 0.2) is 0 Å². The first-order chi connectivity index (χ1) is 2.27. The van der Waals surface area contributed by atoms with Crippen molar-refractivity contribution >= 4 is 18.9 Å². The predicted molar refractivity (Wildman–Crippen MR) is 25.5 cm³/mol. The summed E-state index contributed by atoms with van der Waals surface area (Å²) in [7, 11) is 0.484. The molecule has 0 aromatic heterocycles. The van der Waals surface area contributed by atoms with Crippen LogP contribution < -0.4 is 5.50 Å². The monoisotopic (exact) mass is 110 g/mol. The molecule has 0 aliphatic heterocycles. The molecule has 30 valence electrons. The van der Waals surface area contributed by atoms with E-state index in [1.165, 1.54) is 7.11 Å². The van der Waals surface area contributed by atoms with Crippen LogP contribution in [0.25, 0.3) is 0 Å². The van der Waals surface area contributed by atoms with Gasteiger partial charge in [-0.1, -0.05) is 0 Å². The second-order valence-electron chi connectivity index (χ2n) is 0.468. The maximum Gasteiger partial charge on any atom is 0.436 e. The van der Waals surface area contributed by atoms with Gasteiger partial charge in [-0.25, -0.2) is 0 Å². The van der Waals surface area contributed by atoms with Crippen molar-refractivity contribution in [3.05, 3.63) is 0 Å². The molecule has 5 heavy (non-hydrogen) atoms. The molecule has 2 N–H and O–H groups in total. The Hall–Kier alpha value is 0.440. The second-order valence-corrected chi connectivity index (χ2v) is 2.48. The molecule has 0 bridgehead atoms. The quantitative estimate of drug-likeness (QED) is 0.495. The zero-order valence-electron chi connectivity index (χ0n) is 2.84. The fourth-order valence-electron chi connectivity index (χ4n) is 0. The summed E-state index contributed by atoms with van der Waals surface area (Å²) in [4.78, 5) is 0. The Bertz CT molecular complexity index is 46.9. The van der Waals surface area contributed by atoms with E-state index in [2.05, 4.69) is 16.3 Å². The summed E-state index contributed by atoms with van der Waals surface area (Å²) in [6.45, 7) is 0. The van der Waals surface area contributed by atoms with Crippen molar-refractivity contribution in [1.82, 2.24) is 0 Å². The molecule has 0 aliphatic rings. The fraction of sp³-hybridized carbons (Fsp3) is 1.00. The van der Waals surface area contributed by atoms with E-state index in [9.17, 15) is 0 Å². The lowest BCUT2D eigenvalue weighted by molar-refractivity contribution is 0.474. The molecule has 1 unspecified atom stereocenters. The molecule has 0 saturated heterocycles. The molecular weight excluding hydrogens is 105 g/mol. The fourth-order valence-corrected chi connectivity index (χ4v) is 0. The second kappa shape index (κ2) is 2.67. The van der Waals surface area contributed by atoms with Crippen molar-refractivity contribution < 1.29 is 4.52 Å². The molecule has 0 fully saturated rings. The van der Waals surface area contributed by atoms with Crippen LogP contribution in [0.4, 0.5) is 0 Å². The van der Waals surface area contributed by atoms with Gasteiger partial charge in [-0.15, -0.1) is 5.50 Å². The normalized spacial score (nSPS) is 11.2. The largest absolute Gasteiger partial charge is 0.436 e. The summed E-state index contributed by atoms with van der Waals surface area (Å²) in [5, 5.41) is 0. The predicted octanol–water partition coefficient (Wildman–Crippen LogP) is 0.365. The lowest BCUT2D eigenvalue weighted by atomic mass is 11.8. The van der Waals surface area contributed by atoms with E-state index in [4.69, 9.17) is 5.50 Å². The average Bonchev–Trinajstić information content (AvgIpc) is 1.38. The third-order valence-corrected chi connectivity index (χ3v) is 0.987. The van der Waals surface area contributed by atoms with Gasteiger partial charge in [0.05, 0.1) is 7.11 Å². The lowest BCUT2D eigenvalue weighted by Gasteiger charge is -1.62. The molecule has 1 atom stereocenters. The minimum absolute atomic E-state index is 1.01. The maximum absolute atomic E-state index is 4.95. The summed E-state index contributed by atoms with van der Waals surface area (Å²) in [5.41, 5.74) is 4.95. The average molecular weight is 110 g/mol. The molecule has 0 radical (unpaired) electrons. The Morgan fingerprint density at radius 1 is 2.00 bits per heavy atom. The minimum atomic E-state index is -1.01. The topological polar surface area (TPSA) is 35.2 Å². The van der Waals surface area contributed by atoms with Crippen molar-refractivity contribution in [2.45, 2.75) is 0 Å². The van der Waals surface area contributed by atoms with E-state index in [1.807, 2.05) is 0 Å². The van der Waals surface area contributed by atoms with Crippen molar-refractivity contribution in [3.63, 3.8) is 0 Å². The van der Waals surface area contributed by atoms with E-state index in [1.54, 1.807) is 0 Å². The highest BCUT2D eigenvalue weighted by Crippen LogP contribution is 2.04. The van der Waals surface area contributed by atoms with Gasteiger partial charge in [0, 0.05) is 0 Å². The molecule has 0 aromatic carbocycles. The van der Waals surface area contributed by atoms with Crippen molar-refractivity contribution in [1.29, 1.82) is 0 Å². The van der Waals surface area contributed by atoms with Crippen molar-refractivity contribution in [3.8, 4) is 0 Å². The molecule has 0 amide bonds. The standard InChI is InChI=1S/CH5NOPS/c1-3-4(2)5/h1H3,(H2,2,5)/q+1. The summed E-state index contributed by atoms with van der Waals surface area (Å²) >= 11 is 4.40. The van der Waals surface area contributed by atoms with Crippen LogP contribution in [0.5, 0.6) is 0 Å². The number of hydrogen-bond donors (Lipinski definition) is 1.